The topological polar surface area (TPSA) is 84.2 Å². The molecule has 1 fully saturated rings. The first-order valence-corrected chi connectivity index (χ1v) is 9.69. The van der Waals surface area contributed by atoms with Crippen molar-refractivity contribution in [3.05, 3.63) is 35.4 Å². The molecule has 1 aliphatic rings. The monoisotopic (exact) mass is 359 g/mol. The molecular formula is C21H33N3O2. The Balaban J connectivity index is 1.76. The zero-order valence-electron chi connectivity index (χ0n) is 16.3. The Hall–Kier alpha value is -1.88. The lowest BCUT2D eigenvalue weighted by Crippen LogP contribution is -2.45. The van der Waals surface area contributed by atoms with Gasteiger partial charge in [-0.3, -0.25) is 9.59 Å². The van der Waals surface area contributed by atoms with E-state index in [1.165, 1.54) is 12.0 Å². The van der Waals surface area contributed by atoms with E-state index >= 15 is 0 Å². The highest BCUT2D eigenvalue weighted by atomic mass is 16.2. The number of carbonyl (C=O) groups is 2. The highest BCUT2D eigenvalue weighted by molar-refractivity contribution is 5.94. The molecule has 2 rings (SSSR count). The number of nitrogens with two attached hydrogens (primary N) is 1. The number of carbonyl (C=O) groups excluding carboxylic acids is 2. The van der Waals surface area contributed by atoms with E-state index in [4.69, 9.17) is 5.73 Å². The molecule has 144 valence electrons. The van der Waals surface area contributed by atoms with Gasteiger partial charge in [0.15, 0.2) is 0 Å². The normalized spacial score (nSPS) is 20.5. The third-order valence-electron chi connectivity index (χ3n) is 5.21. The SMILES string of the molecule is CC(C)(C)c1ccc(C(=O)NCCC(=O)NC2CCCCC2CN)cc1. The summed E-state index contributed by atoms with van der Waals surface area (Å²) < 4.78 is 0. The number of hydrogen-bond acceptors (Lipinski definition) is 3. The van der Waals surface area contributed by atoms with Crippen LogP contribution in [0.1, 0.15) is 68.8 Å². The zero-order valence-corrected chi connectivity index (χ0v) is 16.3. The Labute approximate surface area is 157 Å². The summed E-state index contributed by atoms with van der Waals surface area (Å²) in [6, 6.07) is 7.82. The van der Waals surface area contributed by atoms with Gasteiger partial charge in [0.2, 0.25) is 5.91 Å². The van der Waals surface area contributed by atoms with Gasteiger partial charge in [-0.25, -0.2) is 0 Å². The van der Waals surface area contributed by atoms with E-state index in [9.17, 15) is 9.59 Å². The average Bonchev–Trinajstić information content (AvgIpc) is 2.61. The molecule has 0 aliphatic heterocycles. The smallest absolute Gasteiger partial charge is 0.251 e. The van der Waals surface area contributed by atoms with Crippen molar-refractivity contribution in [2.75, 3.05) is 13.1 Å². The number of hydrogen-bond donors (Lipinski definition) is 3. The van der Waals surface area contributed by atoms with Crippen LogP contribution >= 0.6 is 0 Å². The van der Waals surface area contributed by atoms with Gasteiger partial charge in [-0.1, -0.05) is 45.7 Å². The van der Waals surface area contributed by atoms with Crippen LogP contribution in [-0.4, -0.2) is 30.9 Å². The van der Waals surface area contributed by atoms with E-state index in [1.54, 1.807) is 0 Å². The molecule has 1 aromatic carbocycles. The lowest BCUT2D eigenvalue weighted by molar-refractivity contribution is -0.122. The second kappa shape index (κ2) is 9.17. The van der Waals surface area contributed by atoms with Crippen molar-refractivity contribution in [2.24, 2.45) is 11.7 Å². The van der Waals surface area contributed by atoms with E-state index in [-0.39, 0.29) is 23.3 Å². The van der Waals surface area contributed by atoms with Crippen LogP contribution in [0.2, 0.25) is 0 Å². The number of rotatable bonds is 6. The van der Waals surface area contributed by atoms with E-state index in [0.29, 0.717) is 31.0 Å². The minimum Gasteiger partial charge on any atom is -0.353 e. The fourth-order valence-corrected chi connectivity index (χ4v) is 3.47. The van der Waals surface area contributed by atoms with Crippen molar-refractivity contribution in [1.82, 2.24) is 10.6 Å². The lowest BCUT2D eigenvalue weighted by Gasteiger charge is -2.31. The summed E-state index contributed by atoms with van der Waals surface area (Å²) in [7, 11) is 0. The lowest BCUT2D eigenvalue weighted by atomic mass is 9.84. The minimum absolute atomic E-state index is 0.0151. The number of amides is 2. The summed E-state index contributed by atoms with van der Waals surface area (Å²) in [5.41, 5.74) is 7.68. The quantitative estimate of drug-likeness (QED) is 0.730. The Morgan fingerprint density at radius 2 is 1.77 bits per heavy atom. The van der Waals surface area contributed by atoms with Crippen LogP contribution in [0, 0.1) is 5.92 Å². The van der Waals surface area contributed by atoms with Crippen LogP contribution in [0.5, 0.6) is 0 Å². The van der Waals surface area contributed by atoms with E-state index in [0.717, 1.165) is 19.3 Å². The van der Waals surface area contributed by atoms with Crippen molar-refractivity contribution in [3.63, 3.8) is 0 Å². The summed E-state index contributed by atoms with van der Waals surface area (Å²) in [5.74, 6) is 0.220. The zero-order chi connectivity index (χ0) is 19.2. The first-order chi connectivity index (χ1) is 12.3. The van der Waals surface area contributed by atoms with Gasteiger partial charge in [0.05, 0.1) is 0 Å². The van der Waals surface area contributed by atoms with Crippen molar-refractivity contribution >= 4 is 11.8 Å². The Bertz CT molecular complexity index is 605. The molecule has 0 aromatic heterocycles. The molecule has 0 bridgehead atoms. The molecule has 1 saturated carbocycles. The molecule has 1 aromatic rings. The van der Waals surface area contributed by atoms with Gasteiger partial charge in [0, 0.05) is 24.6 Å². The van der Waals surface area contributed by atoms with Crippen molar-refractivity contribution in [2.45, 2.75) is 64.3 Å². The van der Waals surface area contributed by atoms with Crippen molar-refractivity contribution in [3.8, 4) is 0 Å². The summed E-state index contributed by atoms with van der Waals surface area (Å²) >= 11 is 0. The van der Waals surface area contributed by atoms with E-state index < -0.39 is 0 Å². The van der Waals surface area contributed by atoms with E-state index in [1.807, 2.05) is 24.3 Å². The van der Waals surface area contributed by atoms with Crippen LogP contribution in [0.25, 0.3) is 0 Å². The van der Waals surface area contributed by atoms with Crippen molar-refractivity contribution < 1.29 is 9.59 Å². The molecule has 0 saturated heterocycles. The van der Waals surface area contributed by atoms with E-state index in [2.05, 4.69) is 31.4 Å². The highest BCUT2D eigenvalue weighted by Crippen LogP contribution is 2.23. The maximum absolute atomic E-state index is 12.2. The Morgan fingerprint density at radius 1 is 1.12 bits per heavy atom. The summed E-state index contributed by atoms with van der Waals surface area (Å²) in [6.07, 6.45) is 4.71. The molecule has 0 radical (unpaired) electrons. The van der Waals surface area contributed by atoms with Crippen LogP contribution in [0.3, 0.4) is 0 Å². The second-order valence-corrected chi connectivity index (χ2v) is 8.29. The van der Waals surface area contributed by atoms with Crippen LogP contribution in [0.15, 0.2) is 24.3 Å². The predicted molar refractivity (Wildman–Crippen MR) is 105 cm³/mol. The molecule has 1 aliphatic carbocycles. The Kier molecular flexibility index (Phi) is 7.21. The third kappa shape index (κ3) is 5.84. The summed E-state index contributed by atoms with van der Waals surface area (Å²) in [6.45, 7) is 7.38. The molecule has 0 spiro atoms. The molecule has 2 unspecified atom stereocenters. The van der Waals surface area contributed by atoms with Crippen LogP contribution < -0.4 is 16.4 Å². The maximum atomic E-state index is 12.2. The molecule has 4 N–H and O–H groups in total. The maximum Gasteiger partial charge on any atom is 0.251 e. The van der Waals surface area contributed by atoms with Gasteiger partial charge < -0.3 is 16.4 Å². The fraction of sp³-hybridized carbons (Fsp3) is 0.619. The molecule has 2 atom stereocenters. The molecule has 26 heavy (non-hydrogen) atoms. The van der Waals surface area contributed by atoms with Gasteiger partial charge in [0.1, 0.15) is 0 Å². The van der Waals surface area contributed by atoms with Crippen LogP contribution in [-0.2, 0) is 10.2 Å². The molecular weight excluding hydrogens is 326 g/mol. The molecule has 5 nitrogen and oxygen atoms in total. The third-order valence-corrected chi connectivity index (χ3v) is 5.21. The largest absolute Gasteiger partial charge is 0.353 e. The molecule has 2 amide bonds. The van der Waals surface area contributed by atoms with Gasteiger partial charge >= 0.3 is 0 Å². The first-order valence-electron chi connectivity index (χ1n) is 9.69. The Morgan fingerprint density at radius 3 is 2.38 bits per heavy atom. The predicted octanol–water partition coefficient (Wildman–Crippen LogP) is 2.74. The molecule has 5 heteroatoms. The highest BCUT2D eigenvalue weighted by Gasteiger charge is 2.25. The number of nitrogens with one attached hydrogen (secondary N) is 2. The second-order valence-electron chi connectivity index (χ2n) is 8.29. The first kappa shape index (κ1) is 20.4. The minimum atomic E-state index is -0.143. The van der Waals surface area contributed by atoms with Crippen LogP contribution in [0.4, 0.5) is 0 Å². The fourth-order valence-electron chi connectivity index (χ4n) is 3.47. The van der Waals surface area contributed by atoms with Crippen molar-refractivity contribution in [1.29, 1.82) is 0 Å². The number of benzene rings is 1. The molecule has 0 heterocycles. The summed E-state index contributed by atoms with van der Waals surface area (Å²) in [5, 5.41) is 5.91. The van der Waals surface area contributed by atoms with Gasteiger partial charge in [-0.2, -0.15) is 0 Å². The van der Waals surface area contributed by atoms with Gasteiger partial charge in [-0.15, -0.1) is 0 Å². The van der Waals surface area contributed by atoms with Gasteiger partial charge in [0.25, 0.3) is 5.91 Å². The summed E-state index contributed by atoms with van der Waals surface area (Å²) in [4.78, 5) is 24.4. The average molecular weight is 360 g/mol. The standard InChI is InChI=1S/C21H33N3O2/c1-21(2,3)17-10-8-15(9-11-17)20(26)23-13-12-19(25)24-18-7-5-4-6-16(18)14-22/h8-11,16,18H,4-7,12-14,22H2,1-3H3,(H,23,26)(H,24,25). The van der Waals surface area contributed by atoms with Gasteiger partial charge in [-0.05, 0) is 48.4 Å².